The first-order valence-corrected chi connectivity index (χ1v) is 13.5. The zero-order chi connectivity index (χ0) is 28.9. The lowest BCUT2D eigenvalue weighted by atomic mass is 10.1. The van der Waals surface area contributed by atoms with E-state index in [1.807, 2.05) is 0 Å². The molecule has 0 spiro atoms. The average Bonchev–Trinajstić information content (AvgIpc) is 2.94. The molecule has 2 aromatic heterocycles. The van der Waals surface area contributed by atoms with Gasteiger partial charge in [0, 0.05) is 42.3 Å². The van der Waals surface area contributed by atoms with E-state index in [2.05, 4.69) is 20.3 Å². The van der Waals surface area contributed by atoms with E-state index in [-0.39, 0.29) is 41.4 Å². The first kappa shape index (κ1) is 28.8. The lowest BCUT2D eigenvalue weighted by Crippen LogP contribution is -2.36. The van der Waals surface area contributed by atoms with Crippen LogP contribution in [-0.4, -0.2) is 53.6 Å². The Hall–Kier alpha value is -4.17. The number of nitrogens with zero attached hydrogens (tertiary/aromatic N) is 4. The summed E-state index contributed by atoms with van der Waals surface area (Å²) < 4.78 is 82.3. The largest absolute Gasteiger partial charge is 0.433 e. The number of piperidine rings is 1. The molecule has 9 nitrogen and oxygen atoms in total. The summed E-state index contributed by atoms with van der Waals surface area (Å²) in [7, 11) is -4.14. The number of aliphatic imine (C=N–C) groups is 1. The van der Waals surface area contributed by atoms with Crippen molar-refractivity contribution in [2.75, 3.05) is 18.4 Å². The van der Waals surface area contributed by atoms with E-state index in [0.717, 1.165) is 30.8 Å². The molecule has 1 aliphatic heterocycles. The van der Waals surface area contributed by atoms with Crippen LogP contribution in [0.25, 0.3) is 5.70 Å². The third-order valence-electron chi connectivity index (χ3n) is 5.94. The Morgan fingerprint density at radius 2 is 1.80 bits per heavy atom. The van der Waals surface area contributed by atoms with Crippen LogP contribution in [0.5, 0.6) is 0 Å². The summed E-state index contributed by atoms with van der Waals surface area (Å²) in [6.45, 7) is 0.525. The molecule has 0 radical (unpaired) electrons. The third kappa shape index (κ3) is 6.87. The highest BCUT2D eigenvalue weighted by Gasteiger charge is 2.34. The van der Waals surface area contributed by atoms with E-state index in [9.17, 15) is 30.8 Å². The molecular formula is C26H24F4N6O3S. The van der Waals surface area contributed by atoms with E-state index >= 15 is 0 Å². The topological polar surface area (TPSA) is 131 Å². The fourth-order valence-electron chi connectivity index (χ4n) is 3.88. The molecule has 1 aromatic carbocycles. The van der Waals surface area contributed by atoms with Crippen molar-refractivity contribution < 1.29 is 30.8 Å². The number of carbonyl (C=O) groups excluding carboxylic acids is 1. The van der Waals surface area contributed by atoms with Gasteiger partial charge in [0.2, 0.25) is 10.0 Å². The lowest BCUT2D eigenvalue weighted by molar-refractivity contribution is -0.0576. The standard InChI is InChI=1S/C26H24F4N6O3S/c27-20-8-6-17(13-22(20)40(38,39)36-11-2-1-3-12-36)25(37)35-24-9-7-19(16-33-24)34-23(26(28,29)30)14-21(31)18-5-4-10-32-15-18/h4-10,13-16H,1-3,11-12,31H2,(H,33,35,37). The Kier molecular flexibility index (Phi) is 8.59. The van der Waals surface area contributed by atoms with E-state index in [1.54, 1.807) is 0 Å². The van der Waals surface area contributed by atoms with Gasteiger partial charge in [0.25, 0.3) is 5.91 Å². The molecule has 40 heavy (non-hydrogen) atoms. The number of benzene rings is 1. The van der Waals surface area contributed by atoms with Crippen molar-refractivity contribution in [3.05, 3.63) is 84.1 Å². The second kappa shape index (κ2) is 11.9. The van der Waals surface area contributed by atoms with Crippen molar-refractivity contribution >= 4 is 38.8 Å². The molecule has 1 aliphatic rings. The van der Waals surface area contributed by atoms with Crippen molar-refractivity contribution in [1.29, 1.82) is 0 Å². The highest BCUT2D eigenvalue weighted by Crippen LogP contribution is 2.26. The number of sulfonamides is 1. The van der Waals surface area contributed by atoms with Gasteiger partial charge in [-0.3, -0.25) is 9.78 Å². The summed E-state index contributed by atoms with van der Waals surface area (Å²) in [6.07, 6.45) is 1.82. The molecule has 3 aromatic rings. The molecule has 1 amide bonds. The van der Waals surface area contributed by atoms with Crippen molar-refractivity contribution in [3.63, 3.8) is 0 Å². The first-order valence-electron chi connectivity index (χ1n) is 12.1. The van der Waals surface area contributed by atoms with Crippen LogP contribution in [0.3, 0.4) is 0 Å². The number of aromatic nitrogens is 2. The zero-order valence-corrected chi connectivity index (χ0v) is 21.7. The number of nitrogens with two attached hydrogens (primary N) is 1. The maximum Gasteiger partial charge on any atom is 0.433 e. The van der Waals surface area contributed by atoms with Crippen LogP contribution in [0.4, 0.5) is 29.1 Å². The van der Waals surface area contributed by atoms with Crippen LogP contribution < -0.4 is 11.1 Å². The molecule has 3 N–H and O–H groups in total. The van der Waals surface area contributed by atoms with Gasteiger partial charge in [-0.2, -0.15) is 17.5 Å². The van der Waals surface area contributed by atoms with Gasteiger partial charge in [-0.25, -0.2) is 22.8 Å². The van der Waals surface area contributed by atoms with Crippen molar-refractivity contribution in [2.45, 2.75) is 30.3 Å². The van der Waals surface area contributed by atoms with Crippen molar-refractivity contribution in [3.8, 4) is 0 Å². The molecule has 210 valence electrons. The predicted molar refractivity (Wildman–Crippen MR) is 141 cm³/mol. The van der Waals surface area contributed by atoms with Crippen LogP contribution in [0.2, 0.25) is 0 Å². The fraction of sp³-hybridized carbons (Fsp3) is 0.231. The van der Waals surface area contributed by atoms with Gasteiger partial charge >= 0.3 is 6.18 Å². The summed E-state index contributed by atoms with van der Waals surface area (Å²) in [5.41, 5.74) is 4.28. The minimum absolute atomic E-state index is 0.0484. The highest BCUT2D eigenvalue weighted by atomic mass is 32.2. The normalized spacial score (nSPS) is 15.6. The average molecular weight is 577 g/mol. The number of hydrogen-bond acceptors (Lipinski definition) is 7. The quantitative estimate of drug-likeness (QED) is 0.310. The summed E-state index contributed by atoms with van der Waals surface area (Å²) in [6, 6.07) is 8.39. The van der Waals surface area contributed by atoms with Gasteiger partial charge in [0.05, 0.1) is 11.9 Å². The Morgan fingerprint density at radius 3 is 2.42 bits per heavy atom. The SMILES string of the molecule is NC(=CC(=Nc1ccc(NC(=O)c2ccc(F)c(S(=O)(=O)N3CCCCC3)c2)nc1)C(F)(F)F)c1cccnc1. The maximum absolute atomic E-state index is 14.5. The number of halogens is 4. The van der Waals surface area contributed by atoms with Gasteiger partial charge in [-0.15, -0.1) is 0 Å². The molecule has 0 unspecified atom stereocenters. The Bertz CT molecular complexity index is 1540. The summed E-state index contributed by atoms with van der Waals surface area (Å²) >= 11 is 0. The van der Waals surface area contributed by atoms with Gasteiger partial charge in [0.1, 0.15) is 22.2 Å². The highest BCUT2D eigenvalue weighted by molar-refractivity contribution is 7.89. The summed E-state index contributed by atoms with van der Waals surface area (Å²) in [5, 5.41) is 2.41. The summed E-state index contributed by atoms with van der Waals surface area (Å²) in [5.74, 6) is -1.82. The monoisotopic (exact) mass is 576 g/mol. The molecule has 14 heteroatoms. The number of amides is 1. The van der Waals surface area contributed by atoms with E-state index in [0.29, 0.717) is 18.9 Å². The maximum atomic E-state index is 14.5. The lowest BCUT2D eigenvalue weighted by Gasteiger charge is -2.26. The molecule has 0 saturated carbocycles. The Balaban J connectivity index is 1.52. The second-order valence-electron chi connectivity index (χ2n) is 8.80. The molecule has 1 saturated heterocycles. The molecule has 4 rings (SSSR count). The van der Waals surface area contributed by atoms with Gasteiger partial charge in [-0.1, -0.05) is 6.42 Å². The third-order valence-corrected chi connectivity index (χ3v) is 7.86. The van der Waals surface area contributed by atoms with Crippen molar-refractivity contribution in [1.82, 2.24) is 14.3 Å². The molecular weight excluding hydrogens is 552 g/mol. The molecule has 0 aliphatic carbocycles. The zero-order valence-electron chi connectivity index (χ0n) is 20.9. The van der Waals surface area contributed by atoms with Crippen LogP contribution in [0.15, 0.2) is 77.0 Å². The minimum atomic E-state index is -4.82. The molecule has 0 atom stereocenters. The summed E-state index contributed by atoms with van der Waals surface area (Å²) in [4.78, 5) is 23.5. The van der Waals surface area contributed by atoms with Gasteiger partial charge < -0.3 is 11.1 Å². The van der Waals surface area contributed by atoms with E-state index < -0.39 is 38.5 Å². The van der Waals surface area contributed by atoms with Crippen LogP contribution in [0.1, 0.15) is 35.2 Å². The van der Waals surface area contributed by atoms with Crippen molar-refractivity contribution in [2.24, 2.45) is 10.7 Å². The number of alkyl halides is 3. The van der Waals surface area contributed by atoms with Crippen LogP contribution >= 0.6 is 0 Å². The van der Waals surface area contributed by atoms with Gasteiger partial charge in [0.15, 0.2) is 0 Å². The number of pyridine rings is 2. The molecule has 0 bridgehead atoms. The Morgan fingerprint density at radius 1 is 1.05 bits per heavy atom. The number of rotatable bonds is 7. The number of allylic oxidation sites excluding steroid dienone is 1. The molecule has 1 fully saturated rings. The smallest absolute Gasteiger partial charge is 0.398 e. The fourth-order valence-corrected chi connectivity index (χ4v) is 5.49. The molecule has 3 heterocycles. The predicted octanol–water partition coefficient (Wildman–Crippen LogP) is 4.68. The van der Waals surface area contributed by atoms with Crippen LogP contribution in [-0.2, 0) is 10.0 Å². The van der Waals surface area contributed by atoms with Gasteiger partial charge in [-0.05, 0) is 61.4 Å². The number of anilines is 1. The van der Waals surface area contributed by atoms with E-state index in [4.69, 9.17) is 5.73 Å². The first-order chi connectivity index (χ1) is 18.9. The number of carbonyl (C=O) groups is 1. The number of nitrogens with one attached hydrogen (secondary N) is 1. The minimum Gasteiger partial charge on any atom is -0.398 e. The Labute approximate surface area is 227 Å². The second-order valence-corrected chi connectivity index (χ2v) is 10.7. The number of hydrogen-bond donors (Lipinski definition) is 2. The van der Waals surface area contributed by atoms with Crippen LogP contribution in [0, 0.1) is 5.82 Å². The van der Waals surface area contributed by atoms with E-state index in [1.165, 1.54) is 41.0 Å².